The van der Waals surface area contributed by atoms with Gasteiger partial charge >= 0.3 is 0 Å². The summed E-state index contributed by atoms with van der Waals surface area (Å²) in [6, 6.07) is 7.13. The van der Waals surface area contributed by atoms with Gasteiger partial charge in [0.25, 0.3) is 5.91 Å². The van der Waals surface area contributed by atoms with Gasteiger partial charge in [0, 0.05) is 11.7 Å². The van der Waals surface area contributed by atoms with E-state index < -0.39 is 0 Å². The Hall–Kier alpha value is -1.62. The molecule has 5 heteroatoms. The number of halogens is 1. The predicted octanol–water partition coefficient (Wildman–Crippen LogP) is 0.835. The van der Waals surface area contributed by atoms with E-state index in [0.717, 1.165) is 43.7 Å². The van der Waals surface area contributed by atoms with E-state index in [1.54, 1.807) is 0 Å². The highest BCUT2D eigenvalue weighted by atomic mass is 19.1. The number of anilines is 1. The minimum absolute atomic E-state index is 0.194. The quantitative estimate of drug-likeness (QED) is 0.857. The number of quaternary nitrogens is 1. The number of nitrogens with zero attached hydrogens (tertiary/aromatic N) is 1. The third-order valence-corrected chi connectivity index (χ3v) is 6.16. The molecule has 1 aliphatic heterocycles. The van der Waals surface area contributed by atoms with Crippen LogP contribution in [0.4, 0.5) is 10.1 Å². The summed E-state index contributed by atoms with van der Waals surface area (Å²) < 4.78 is 13.0. The number of nitrogens with one attached hydrogen (secondary N) is 2. The normalized spacial score (nSPS) is 29.9. The van der Waals surface area contributed by atoms with E-state index in [-0.39, 0.29) is 11.7 Å². The molecule has 3 fully saturated rings. The van der Waals surface area contributed by atoms with Gasteiger partial charge in [0.05, 0.1) is 26.2 Å². The molecule has 1 aromatic rings. The van der Waals surface area contributed by atoms with Crippen LogP contribution < -0.4 is 15.1 Å². The molecule has 3 aliphatic rings. The van der Waals surface area contributed by atoms with Crippen molar-refractivity contribution in [2.75, 3.05) is 37.6 Å². The lowest BCUT2D eigenvalue weighted by atomic mass is 9.95. The molecule has 2 aliphatic carbocycles. The Kier molecular flexibility index (Phi) is 4.44. The molecule has 2 N–H and O–H groups in total. The van der Waals surface area contributed by atoms with Crippen molar-refractivity contribution in [2.45, 2.75) is 31.7 Å². The molecular weight excluding hydrogens is 305 g/mol. The second-order valence-corrected chi connectivity index (χ2v) is 7.74. The van der Waals surface area contributed by atoms with Crippen LogP contribution >= 0.6 is 0 Å². The van der Waals surface area contributed by atoms with Crippen LogP contribution in [0.25, 0.3) is 0 Å². The average Bonchev–Trinajstić information content (AvgIpc) is 3.19. The molecule has 1 saturated heterocycles. The third kappa shape index (κ3) is 3.41. The van der Waals surface area contributed by atoms with Gasteiger partial charge in [-0.1, -0.05) is 6.42 Å². The first kappa shape index (κ1) is 15.9. The zero-order chi connectivity index (χ0) is 16.5. The van der Waals surface area contributed by atoms with Crippen molar-refractivity contribution in [3.05, 3.63) is 30.1 Å². The molecule has 2 saturated carbocycles. The van der Waals surface area contributed by atoms with Crippen LogP contribution in [-0.2, 0) is 4.79 Å². The highest BCUT2D eigenvalue weighted by Crippen LogP contribution is 2.44. The molecule has 3 atom stereocenters. The molecule has 4 rings (SSSR count). The fraction of sp³-hybridized carbons (Fsp3) is 0.632. The number of benzene rings is 1. The maximum Gasteiger partial charge on any atom is 0.275 e. The highest BCUT2D eigenvalue weighted by Gasteiger charge is 2.40. The van der Waals surface area contributed by atoms with Crippen molar-refractivity contribution in [3.63, 3.8) is 0 Å². The van der Waals surface area contributed by atoms with Crippen LogP contribution in [0, 0.1) is 17.7 Å². The standard InChI is InChI=1S/C19H26FN3O/c20-16-3-5-17(6-4-16)23-9-7-22(8-10-23)13-19(24)21-18-12-14-1-2-15(18)11-14/h3-6,14-15,18H,1-2,7-13H2,(H,21,24)/p+1/t14-,15+,18-/m0/s1. The number of hydrogen-bond donors (Lipinski definition) is 2. The summed E-state index contributed by atoms with van der Waals surface area (Å²) >= 11 is 0. The summed E-state index contributed by atoms with van der Waals surface area (Å²) in [6.45, 7) is 4.35. The van der Waals surface area contributed by atoms with Crippen LogP contribution in [0.1, 0.15) is 25.7 Å². The molecular formula is C19H27FN3O+. The fourth-order valence-corrected chi connectivity index (χ4v) is 4.82. The Morgan fingerprint density at radius 3 is 2.54 bits per heavy atom. The van der Waals surface area contributed by atoms with Crippen molar-refractivity contribution in [1.29, 1.82) is 0 Å². The fourth-order valence-electron chi connectivity index (χ4n) is 4.82. The van der Waals surface area contributed by atoms with Crippen LogP contribution in [0.15, 0.2) is 24.3 Å². The number of rotatable bonds is 4. The SMILES string of the molecule is O=C(C[NH+]1CCN(c2ccc(F)cc2)CC1)N[C@H]1C[C@H]2CC[C@@H]1C2. The van der Waals surface area contributed by atoms with Gasteiger partial charge in [0.2, 0.25) is 0 Å². The van der Waals surface area contributed by atoms with Gasteiger partial charge in [-0.25, -0.2) is 4.39 Å². The number of piperazine rings is 1. The van der Waals surface area contributed by atoms with Gasteiger partial charge < -0.3 is 15.1 Å². The molecule has 2 bridgehead atoms. The largest absolute Gasteiger partial charge is 0.360 e. The molecule has 0 unspecified atom stereocenters. The summed E-state index contributed by atoms with van der Waals surface area (Å²) in [5, 5.41) is 3.29. The van der Waals surface area contributed by atoms with Crippen molar-refractivity contribution in [3.8, 4) is 0 Å². The maximum absolute atomic E-state index is 13.0. The molecule has 1 amide bonds. The highest BCUT2D eigenvalue weighted by molar-refractivity contribution is 5.77. The van der Waals surface area contributed by atoms with Crippen LogP contribution in [0.2, 0.25) is 0 Å². The van der Waals surface area contributed by atoms with E-state index >= 15 is 0 Å². The smallest absolute Gasteiger partial charge is 0.275 e. The summed E-state index contributed by atoms with van der Waals surface area (Å²) in [4.78, 5) is 16.0. The molecule has 1 heterocycles. The lowest BCUT2D eigenvalue weighted by Gasteiger charge is -2.33. The average molecular weight is 332 g/mol. The number of fused-ring (bicyclic) bond motifs is 2. The lowest BCUT2D eigenvalue weighted by molar-refractivity contribution is -0.892. The second-order valence-electron chi connectivity index (χ2n) is 7.74. The summed E-state index contributed by atoms with van der Waals surface area (Å²) in [6.07, 6.45) is 5.20. The molecule has 0 aromatic heterocycles. The number of carbonyl (C=O) groups excluding carboxylic acids is 1. The van der Waals surface area contributed by atoms with Gasteiger partial charge in [0.1, 0.15) is 5.82 Å². The van der Waals surface area contributed by atoms with Crippen LogP contribution in [0.3, 0.4) is 0 Å². The van der Waals surface area contributed by atoms with E-state index in [1.165, 1.54) is 42.7 Å². The van der Waals surface area contributed by atoms with Crippen molar-refractivity contribution < 1.29 is 14.1 Å². The van der Waals surface area contributed by atoms with Gasteiger partial charge in [-0.05, 0) is 55.4 Å². The van der Waals surface area contributed by atoms with E-state index in [9.17, 15) is 9.18 Å². The zero-order valence-corrected chi connectivity index (χ0v) is 14.1. The topological polar surface area (TPSA) is 36.8 Å². The van der Waals surface area contributed by atoms with E-state index in [4.69, 9.17) is 0 Å². The first-order valence-corrected chi connectivity index (χ1v) is 9.31. The molecule has 4 nitrogen and oxygen atoms in total. The molecule has 1 aromatic carbocycles. The first-order valence-electron chi connectivity index (χ1n) is 9.31. The Balaban J connectivity index is 1.23. The Labute approximate surface area is 143 Å². The second kappa shape index (κ2) is 6.71. The van der Waals surface area contributed by atoms with E-state index in [0.29, 0.717) is 12.6 Å². The van der Waals surface area contributed by atoms with Gasteiger partial charge in [0.15, 0.2) is 6.54 Å². The van der Waals surface area contributed by atoms with Gasteiger partial charge in [-0.15, -0.1) is 0 Å². The van der Waals surface area contributed by atoms with Crippen molar-refractivity contribution in [2.24, 2.45) is 11.8 Å². The summed E-state index contributed by atoms with van der Waals surface area (Å²) in [5.41, 5.74) is 1.07. The lowest BCUT2D eigenvalue weighted by Crippen LogP contribution is -3.16. The van der Waals surface area contributed by atoms with E-state index in [1.807, 2.05) is 12.1 Å². The first-order chi connectivity index (χ1) is 11.7. The van der Waals surface area contributed by atoms with Crippen LogP contribution in [0.5, 0.6) is 0 Å². The maximum atomic E-state index is 13.0. The Morgan fingerprint density at radius 1 is 1.17 bits per heavy atom. The van der Waals surface area contributed by atoms with E-state index in [2.05, 4.69) is 10.2 Å². The van der Waals surface area contributed by atoms with Crippen LogP contribution in [-0.4, -0.2) is 44.7 Å². The minimum Gasteiger partial charge on any atom is -0.360 e. The van der Waals surface area contributed by atoms with Gasteiger partial charge in [-0.3, -0.25) is 4.79 Å². The molecule has 24 heavy (non-hydrogen) atoms. The number of amides is 1. The predicted molar refractivity (Wildman–Crippen MR) is 91.6 cm³/mol. The number of hydrogen-bond acceptors (Lipinski definition) is 2. The minimum atomic E-state index is -0.194. The van der Waals surface area contributed by atoms with Crippen molar-refractivity contribution in [1.82, 2.24) is 5.32 Å². The Morgan fingerprint density at radius 2 is 1.92 bits per heavy atom. The molecule has 0 spiro atoms. The summed E-state index contributed by atoms with van der Waals surface area (Å²) in [7, 11) is 0. The van der Waals surface area contributed by atoms with Gasteiger partial charge in [-0.2, -0.15) is 0 Å². The summed E-state index contributed by atoms with van der Waals surface area (Å²) in [5.74, 6) is 1.63. The monoisotopic (exact) mass is 332 g/mol. The Bertz CT molecular complexity index is 583. The molecule has 130 valence electrons. The van der Waals surface area contributed by atoms with Crippen molar-refractivity contribution >= 4 is 11.6 Å². The third-order valence-electron chi connectivity index (χ3n) is 6.16. The zero-order valence-electron chi connectivity index (χ0n) is 14.1. The number of carbonyl (C=O) groups is 1. The molecule has 0 radical (unpaired) electrons.